The van der Waals surface area contributed by atoms with Crippen LogP contribution >= 0.6 is 12.4 Å². The Morgan fingerprint density at radius 2 is 1.73 bits per heavy atom. The lowest BCUT2D eigenvalue weighted by atomic mass is 10.1. The number of aryl methyl sites for hydroxylation is 1. The van der Waals surface area contributed by atoms with E-state index in [0.717, 1.165) is 5.56 Å². The SMILES string of the molecule is Cc1ccc(C(=N)[O-])cc1.Cl. The van der Waals surface area contributed by atoms with Gasteiger partial charge in [-0.2, -0.15) is 0 Å². The van der Waals surface area contributed by atoms with Crippen LogP contribution in [0.2, 0.25) is 0 Å². The lowest BCUT2D eigenvalue weighted by Crippen LogP contribution is -2.16. The van der Waals surface area contributed by atoms with E-state index < -0.39 is 5.90 Å². The maximum atomic E-state index is 10.4. The molecule has 0 unspecified atom stereocenters. The molecule has 2 nitrogen and oxygen atoms in total. The molecule has 0 aliphatic carbocycles. The van der Waals surface area contributed by atoms with Crippen molar-refractivity contribution in [2.75, 3.05) is 0 Å². The van der Waals surface area contributed by atoms with Gasteiger partial charge in [0.05, 0.1) is 0 Å². The van der Waals surface area contributed by atoms with Gasteiger partial charge in [0.2, 0.25) is 0 Å². The van der Waals surface area contributed by atoms with Crippen molar-refractivity contribution < 1.29 is 5.11 Å². The maximum absolute atomic E-state index is 10.4. The summed E-state index contributed by atoms with van der Waals surface area (Å²) in [7, 11) is 0. The van der Waals surface area contributed by atoms with E-state index in [1.165, 1.54) is 0 Å². The molecular weight excluding hydrogens is 162 g/mol. The number of nitrogens with one attached hydrogen (secondary N) is 1. The van der Waals surface area contributed by atoms with Crippen molar-refractivity contribution in [2.24, 2.45) is 0 Å². The number of benzene rings is 1. The second kappa shape index (κ2) is 3.98. The first-order chi connectivity index (χ1) is 4.70. The lowest BCUT2D eigenvalue weighted by Gasteiger charge is -2.05. The molecule has 0 bridgehead atoms. The molecule has 0 atom stereocenters. The van der Waals surface area contributed by atoms with Crippen LogP contribution in [-0.2, 0) is 0 Å². The van der Waals surface area contributed by atoms with Crippen LogP contribution in [0, 0.1) is 12.3 Å². The van der Waals surface area contributed by atoms with Crippen LogP contribution in [0.3, 0.4) is 0 Å². The van der Waals surface area contributed by atoms with Crippen LogP contribution in [0.5, 0.6) is 0 Å². The first-order valence-corrected chi connectivity index (χ1v) is 3.03. The maximum Gasteiger partial charge on any atom is -0.0149 e. The van der Waals surface area contributed by atoms with E-state index in [0.29, 0.717) is 5.56 Å². The molecule has 0 aromatic heterocycles. The van der Waals surface area contributed by atoms with Crippen molar-refractivity contribution in [2.45, 2.75) is 6.92 Å². The van der Waals surface area contributed by atoms with Gasteiger partial charge in [-0.3, -0.25) is 0 Å². The zero-order valence-corrected chi connectivity index (χ0v) is 6.94. The lowest BCUT2D eigenvalue weighted by molar-refractivity contribution is -0.214. The number of hydrogen-bond acceptors (Lipinski definition) is 2. The first kappa shape index (κ1) is 9.98. The zero-order valence-electron chi connectivity index (χ0n) is 6.13. The molecular formula is C8H9ClNO-. The minimum atomic E-state index is -0.625. The molecule has 60 valence electrons. The fourth-order valence-electron chi connectivity index (χ4n) is 0.705. The predicted molar refractivity (Wildman–Crippen MR) is 45.3 cm³/mol. The Morgan fingerprint density at radius 1 is 1.27 bits per heavy atom. The van der Waals surface area contributed by atoms with E-state index >= 15 is 0 Å². The fourth-order valence-corrected chi connectivity index (χ4v) is 0.705. The summed E-state index contributed by atoms with van der Waals surface area (Å²) in [6.45, 7) is 1.94. The van der Waals surface area contributed by atoms with E-state index in [1.807, 2.05) is 19.1 Å². The van der Waals surface area contributed by atoms with E-state index in [1.54, 1.807) is 12.1 Å². The molecule has 1 aromatic rings. The summed E-state index contributed by atoms with van der Waals surface area (Å²) in [5.74, 6) is -0.625. The summed E-state index contributed by atoms with van der Waals surface area (Å²) in [5.41, 5.74) is 1.55. The Balaban J connectivity index is 0.000001000. The molecule has 1 aromatic carbocycles. The van der Waals surface area contributed by atoms with Gasteiger partial charge in [-0.05, 0) is 18.4 Å². The smallest absolute Gasteiger partial charge is 0.0149 e. The molecule has 0 radical (unpaired) electrons. The molecule has 3 heteroatoms. The average molecular weight is 171 g/mol. The average Bonchev–Trinajstić information content (AvgIpc) is 1.88. The third-order valence-corrected chi connectivity index (χ3v) is 1.31. The monoisotopic (exact) mass is 170 g/mol. The van der Waals surface area contributed by atoms with Crippen LogP contribution in [-0.4, -0.2) is 5.90 Å². The van der Waals surface area contributed by atoms with Gasteiger partial charge in [-0.15, -0.1) is 12.4 Å². The van der Waals surface area contributed by atoms with Crippen LogP contribution < -0.4 is 5.11 Å². The van der Waals surface area contributed by atoms with Gasteiger partial charge in [0.25, 0.3) is 0 Å². The Bertz CT molecular complexity index is 243. The highest BCUT2D eigenvalue weighted by Gasteiger charge is 1.87. The van der Waals surface area contributed by atoms with Crippen LogP contribution in [0.4, 0.5) is 0 Å². The molecule has 1 rings (SSSR count). The zero-order chi connectivity index (χ0) is 7.56. The first-order valence-electron chi connectivity index (χ1n) is 3.03. The van der Waals surface area contributed by atoms with Crippen LogP contribution in [0.1, 0.15) is 11.1 Å². The Hall–Kier alpha value is -1.02. The van der Waals surface area contributed by atoms with Crippen molar-refractivity contribution in [1.82, 2.24) is 0 Å². The molecule has 0 saturated carbocycles. The molecule has 0 saturated heterocycles. The summed E-state index contributed by atoms with van der Waals surface area (Å²) in [5, 5.41) is 17.2. The van der Waals surface area contributed by atoms with Gasteiger partial charge in [-0.1, -0.05) is 29.8 Å². The highest BCUT2D eigenvalue weighted by Crippen LogP contribution is 2.00. The van der Waals surface area contributed by atoms with Crippen molar-refractivity contribution in [3.05, 3.63) is 35.4 Å². The summed E-state index contributed by atoms with van der Waals surface area (Å²) in [6.07, 6.45) is 0. The Kier molecular flexibility index (Phi) is 3.61. The number of halogens is 1. The quantitative estimate of drug-likeness (QED) is 0.498. The molecule has 0 fully saturated rings. The van der Waals surface area contributed by atoms with Crippen LogP contribution in [0.15, 0.2) is 24.3 Å². The van der Waals surface area contributed by atoms with Gasteiger partial charge >= 0.3 is 0 Å². The fraction of sp³-hybridized carbons (Fsp3) is 0.125. The van der Waals surface area contributed by atoms with E-state index in [-0.39, 0.29) is 12.4 Å². The summed E-state index contributed by atoms with van der Waals surface area (Å²) >= 11 is 0. The van der Waals surface area contributed by atoms with Crippen molar-refractivity contribution >= 4 is 18.3 Å². The van der Waals surface area contributed by atoms with E-state index in [9.17, 15) is 5.11 Å². The van der Waals surface area contributed by atoms with Gasteiger partial charge < -0.3 is 10.5 Å². The van der Waals surface area contributed by atoms with E-state index in [4.69, 9.17) is 5.41 Å². The normalized spacial score (nSPS) is 8.45. The topological polar surface area (TPSA) is 46.9 Å². The minimum absolute atomic E-state index is 0. The molecule has 1 N–H and O–H groups in total. The number of hydrogen-bond donors (Lipinski definition) is 1. The highest BCUT2D eigenvalue weighted by molar-refractivity contribution is 5.87. The molecule has 0 aliphatic rings. The van der Waals surface area contributed by atoms with Gasteiger partial charge in [0, 0.05) is 0 Å². The second-order valence-electron chi connectivity index (χ2n) is 2.20. The molecule has 11 heavy (non-hydrogen) atoms. The van der Waals surface area contributed by atoms with Crippen LogP contribution in [0.25, 0.3) is 0 Å². The summed E-state index contributed by atoms with van der Waals surface area (Å²) < 4.78 is 0. The summed E-state index contributed by atoms with van der Waals surface area (Å²) in [6, 6.07) is 6.96. The minimum Gasteiger partial charge on any atom is -0.859 e. The molecule has 0 spiro atoms. The largest absolute Gasteiger partial charge is 0.859 e. The van der Waals surface area contributed by atoms with Crippen molar-refractivity contribution in [3.63, 3.8) is 0 Å². The predicted octanol–water partition coefficient (Wildman–Crippen LogP) is 1.10. The van der Waals surface area contributed by atoms with Gasteiger partial charge in [0.15, 0.2) is 0 Å². The van der Waals surface area contributed by atoms with Crippen molar-refractivity contribution in [1.29, 1.82) is 5.41 Å². The van der Waals surface area contributed by atoms with Crippen molar-refractivity contribution in [3.8, 4) is 0 Å². The van der Waals surface area contributed by atoms with E-state index in [2.05, 4.69) is 0 Å². The van der Waals surface area contributed by atoms with Gasteiger partial charge in [-0.25, -0.2) is 0 Å². The molecule has 0 heterocycles. The third kappa shape index (κ3) is 2.60. The third-order valence-electron chi connectivity index (χ3n) is 1.31. The Morgan fingerprint density at radius 3 is 2.09 bits per heavy atom. The second-order valence-corrected chi connectivity index (χ2v) is 2.20. The standard InChI is InChI=1S/C8H9NO.ClH/c1-6-2-4-7(5-3-6)8(9)10;/h2-5H,1H3,(H2,9,10);1H/p-1. The Labute approximate surface area is 71.8 Å². The number of rotatable bonds is 1. The highest BCUT2D eigenvalue weighted by atomic mass is 35.5. The molecule has 0 amide bonds. The summed E-state index contributed by atoms with van der Waals surface area (Å²) in [4.78, 5) is 0. The van der Waals surface area contributed by atoms with Gasteiger partial charge in [0.1, 0.15) is 0 Å². The molecule has 0 aliphatic heterocycles.